The van der Waals surface area contributed by atoms with Crippen LogP contribution in [0.25, 0.3) is 0 Å². The maximum Gasteiger partial charge on any atom is 0.191 e. The normalized spacial score (nSPS) is 19.0. The number of ether oxygens (including phenoxy) is 2. The molecule has 2 heterocycles. The van der Waals surface area contributed by atoms with Crippen molar-refractivity contribution >= 4 is 35.6 Å². The number of anilines is 1. The second-order valence-electron chi connectivity index (χ2n) is 8.52. The van der Waals surface area contributed by atoms with E-state index in [1.54, 1.807) is 7.11 Å². The van der Waals surface area contributed by atoms with E-state index >= 15 is 0 Å². The van der Waals surface area contributed by atoms with Gasteiger partial charge in [-0.25, -0.2) is 0 Å². The van der Waals surface area contributed by atoms with E-state index < -0.39 is 0 Å². The van der Waals surface area contributed by atoms with Crippen LogP contribution in [0.4, 0.5) is 5.69 Å². The van der Waals surface area contributed by atoms with Gasteiger partial charge in [0.1, 0.15) is 5.75 Å². The predicted octanol–water partition coefficient (Wildman–Crippen LogP) is 2.10. The topological polar surface area (TPSA) is 64.6 Å². The summed E-state index contributed by atoms with van der Waals surface area (Å²) in [6.07, 6.45) is 1.12. The zero-order valence-electron chi connectivity index (χ0n) is 20.6. The molecule has 33 heavy (non-hydrogen) atoms. The van der Waals surface area contributed by atoms with Gasteiger partial charge in [0.2, 0.25) is 0 Å². The summed E-state index contributed by atoms with van der Waals surface area (Å²) in [6, 6.07) is 8.83. The molecule has 2 aliphatic heterocycles. The Morgan fingerprint density at radius 1 is 1.06 bits per heavy atom. The molecule has 1 aromatic rings. The molecular formula is C24H43IN6O2. The van der Waals surface area contributed by atoms with Gasteiger partial charge in [-0.1, -0.05) is 0 Å². The molecule has 2 aliphatic rings. The van der Waals surface area contributed by atoms with Crippen LogP contribution in [0.3, 0.4) is 0 Å². The molecule has 0 radical (unpaired) electrons. The molecule has 0 aliphatic carbocycles. The van der Waals surface area contributed by atoms with Crippen molar-refractivity contribution in [3.63, 3.8) is 0 Å². The molecule has 1 aromatic carbocycles. The van der Waals surface area contributed by atoms with Gasteiger partial charge in [0.05, 0.1) is 26.9 Å². The smallest absolute Gasteiger partial charge is 0.191 e. The molecular weight excluding hydrogens is 531 g/mol. The van der Waals surface area contributed by atoms with Crippen LogP contribution in [0.1, 0.15) is 20.3 Å². The number of piperazine rings is 1. The van der Waals surface area contributed by atoms with Crippen LogP contribution in [-0.2, 0) is 4.74 Å². The van der Waals surface area contributed by atoms with Gasteiger partial charge in [0.15, 0.2) is 5.96 Å². The summed E-state index contributed by atoms with van der Waals surface area (Å²) >= 11 is 0. The Balaban J connectivity index is 0.00000385. The summed E-state index contributed by atoms with van der Waals surface area (Å²) in [5.41, 5.74) is 1.28. The van der Waals surface area contributed by atoms with Gasteiger partial charge in [-0.2, -0.15) is 0 Å². The highest BCUT2D eigenvalue weighted by molar-refractivity contribution is 14.0. The second kappa shape index (κ2) is 15.6. The number of aliphatic imine (C=N–C) groups is 1. The third-order valence-corrected chi connectivity index (χ3v) is 6.28. The Hall–Kier alpha value is -1.30. The van der Waals surface area contributed by atoms with Gasteiger partial charge in [-0.05, 0) is 51.1 Å². The van der Waals surface area contributed by atoms with Crippen molar-refractivity contribution in [2.75, 3.05) is 90.7 Å². The average molecular weight is 575 g/mol. The molecule has 3 rings (SSSR count). The summed E-state index contributed by atoms with van der Waals surface area (Å²) < 4.78 is 10.7. The van der Waals surface area contributed by atoms with Crippen molar-refractivity contribution in [3.8, 4) is 5.75 Å². The number of nitrogens with zero attached hydrogens (tertiary/aromatic N) is 4. The fourth-order valence-electron chi connectivity index (χ4n) is 4.23. The standard InChI is InChI=1S/C24H42N6O2.HI/c1-4-25-24(27-20-21(2)29-16-18-32-19-17-29)26-10-5-11-28-12-14-30(15-13-28)22-6-8-23(31-3)9-7-22;/h6-9,21H,4-5,10-20H2,1-3H3,(H2,25,26,27);1H. The van der Waals surface area contributed by atoms with Gasteiger partial charge in [0.25, 0.3) is 0 Å². The van der Waals surface area contributed by atoms with Crippen molar-refractivity contribution in [1.29, 1.82) is 0 Å². The van der Waals surface area contributed by atoms with E-state index in [4.69, 9.17) is 14.5 Å². The third kappa shape index (κ3) is 9.46. The summed E-state index contributed by atoms with van der Waals surface area (Å²) in [5, 5.41) is 6.89. The summed E-state index contributed by atoms with van der Waals surface area (Å²) in [7, 11) is 1.71. The van der Waals surface area contributed by atoms with E-state index in [9.17, 15) is 0 Å². The number of halogens is 1. The molecule has 188 valence electrons. The van der Waals surface area contributed by atoms with Crippen LogP contribution in [0.2, 0.25) is 0 Å². The molecule has 2 saturated heterocycles. The highest BCUT2D eigenvalue weighted by atomic mass is 127. The zero-order chi connectivity index (χ0) is 22.6. The largest absolute Gasteiger partial charge is 0.497 e. The molecule has 0 spiro atoms. The number of hydrogen-bond donors (Lipinski definition) is 2. The maximum absolute atomic E-state index is 5.45. The highest BCUT2D eigenvalue weighted by Gasteiger charge is 2.18. The van der Waals surface area contributed by atoms with E-state index in [1.165, 1.54) is 5.69 Å². The molecule has 2 fully saturated rings. The number of benzene rings is 1. The van der Waals surface area contributed by atoms with E-state index in [0.29, 0.717) is 6.04 Å². The summed E-state index contributed by atoms with van der Waals surface area (Å²) in [5.74, 6) is 1.84. The quantitative estimate of drug-likeness (QED) is 0.192. The Labute approximate surface area is 217 Å². The number of nitrogens with one attached hydrogen (secondary N) is 2. The zero-order valence-corrected chi connectivity index (χ0v) is 22.9. The van der Waals surface area contributed by atoms with Gasteiger partial charge in [-0.3, -0.25) is 14.8 Å². The lowest BCUT2D eigenvalue weighted by Gasteiger charge is -2.36. The van der Waals surface area contributed by atoms with Crippen LogP contribution in [0, 0.1) is 0 Å². The van der Waals surface area contributed by atoms with Crippen molar-refractivity contribution in [2.45, 2.75) is 26.3 Å². The summed E-state index contributed by atoms with van der Waals surface area (Å²) in [4.78, 5) is 12.3. The van der Waals surface area contributed by atoms with Crippen molar-refractivity contribution in [1.82, 2.24) is 20.4 Å². The molecule has 1 atom stereocenters. The lowest BCUT2D eigenvalue weighted by Crippen LogP contribution is -2.47. The van der Waals surface area contributed by atoms with Crippen LogP contribution in [-0.4, -0.2) is 108 Å². The van der Waals surface area contributed by atoms with E-state index in [1.807, 2.05) is 12.1 Å². The molecule has 0 saturated carbocycles. The Morgan fingerprint density at radius 2 is 1.76 bits per heavy atom. The second-order valence-corrected chi connectivity index (χ2v) is 8.52. The SMILES string of the molecule is CCNC(=NCC(C)N1CCOCC1)NCCCN1CCN(c2ccc(OC)cc2)CC1.I. The minimum atomic E-state index is 0. The summed E-state index contributed by atoms with van der Waals surface area (Å²) in [6.45, 7) is 16.2. The third-order valence-electron chi connectivity index (χ3n) is 6.28. The predicted molar refractivity (Wildman–Crippen MR) is 148 cm³/mol. The first kappa shape index (κ1) is 27.9. The highest BCUT2D eigenvalue weighted by Crippen LogP contribution is 2.20. The fraction of sp³-hybridized carbons (Fsp3) is 0.708. The van der Waals surface area contributed by atoms with Crippen LogP contribution >= 0.6 is 24.0 Å². The minimum Gasteiger partial charge on any atom is -0.497 e. The van der Waals surface area contributed by atoms with E-state index in [-0.39, 0.29) is 24.0 Å². The number of hydrogen-bond acceptors (Lipinski definition) is 6. The van der Waals surface area contributed by atoms with E-state index in [2.05, 4.69) is 51.3 Å². The average Bonchev–Trinajstić information content (AvgIpc) is 2.86. The van der Waals surface area contributed by atoms with Crippen molar-refractivity contribution in [3.05, 3.63) is 24.3 Å². The Kier molecular flexibility index (Phi) is 13.2. The van der Waals surface area contributed by atoms with Gasteiger partial charge >= 0.3 is 0 Å². The van der Waals surface area contributed by atoms with Gasteiger partial charge in [-0.15, -0.1) is 24.0 Å². The maximum atomic E-state index is 5.45. The number of methoxy groups -OCH3 is 1. The number of rotatable bonds is 10. The first-order valence-corrected chi connectivity index (χ1v) is 12.1. The molecule has 2 N–H and O–H groups in total. The molecule has 9 heteroatoms. The van der Waals surface area contributed by atoms with Crippen LogP contribution in [0.5, 0.6) is 5.75 Å². The first-order chi connectivity index (χ1) is 15.7. The van der Waals surface area contributed by atoms with Crippen LogP contribution < -0.4 is 20.3 Å². The first-order valence-electron chi connectivity index (χ1n) is 12.1. The minimum absolute atomic E-state index is 0. The Morgan fingerprint density at radius 3 is 2.39 bits per heavy atom. The molecule has 0 aromatic heterocycles. The lowest BCUT2D eigenvalue weighted by molar-refractivity contribution is 0.0220. The van der Waals surface area contributed by atoms with Gasteiger partial charge in [0, 0.05) is 64.1 Å². The number of guanidine groups is 1. The fourth-order valence-corrected chi connectivity index (χ4v) is 4.23. The van der Waals surface area contributed by atoms with Crippen molar-refractivity contribution < 1.29 is 9.47 Å². The van der Waals surface area contributed by atoms with E-state index in [0.717, 1.165) is 96.8 Å². The molecule has 0 bridgehead atoms. The molecule has 8 nitrogen and oxygen atoms in total. The monoisotopic (exact) mass is 574 g/mol. The molecule has 0 amide bonds. The lowest BCUT2D eigenvalue weighted by atomic mass is 10.2. The Bertz CT molecular complexity index is 676. The van der Waals surface area contributed by atoms with Crippen molar-refractivity contribution in [2.24, 2.45) is 4.99 Å². The van der Waals surface area contributed by atoms with Crippen LogP contribution in [0.15, 0.2) is 29.3 Å². The number of morpholine rings is 1. The van der Waals surface area contributed by atoms with Gasteiger partial charge < -0.3 is 25.0 Å². The molecule has 1 unspecified atom stereocenters.